The molecule has 7 nitrogen and oxygen atoms in total. The number of hydrogen-bond acceptors (Lipinski definition) is 6. The number of hydrogen-bond donors (Lipinski definition) is 0. The Morgan fingerprint density at radius 1 is 1.11 bits per heavy atom. The SMILES string of the molecule is COc1ccc(CC(=O)N2CCN(S(=O)(=O)c3cccs3)CC2)c(OC)c1. The molecule has 0 radical (unpaired) electrons. The van der Waals surface area contributed by atoms with Crippen LogP contribution in [0, 0.1) is 0 Å². The predicted molar refractivity (Wildman–Crippen MR) is 103 cm³/mol. The monoisotopic (exact) mass is 410 g/mol. The summed E-state index contributed by atoms with van der Waals surface area (Å²) < 4.78 is 37.4. The van der Waals surface area contributed by atoms with Crippen LogP contribution < -0.4 is 9.47 Å². The van der Waals surface area contributed by atoms with Gasteiger partial charge in [-0.05, 0) is 17.5 Å². The zero-order chi connectivity index (χ0) is 19.4. The molecule has 9 heteroatoms. The van der Waals surface area contributed by atoms with Crippen molar-refractivity contribution in [1.82, 2.24) is 9.21 Å². The highest BCUT2D eigenvalue weighted by Gasteiger charge is 2.30. The number of carbonyl (C=O) groups excluding carboxylic acids is 1. The molecule has 0 saturated carbocycles. The van der Waals surface area contributed by atoms with Crippen molar-refractivity contribution < 1.29 is 22.7 Å². The summed E-state index contributed by atoms with van der Waals surface area (Å²) in [7, 11) is -0.340. The number of thiophene rings is 1. The molecule has 0 aliphatic carbocycles. The van der Waals surface area contributed by atoms with E-state index in [1.807, 2.05) is 6.07 Å². The van der Waals surface area contributed by atoms with E-state index >= 15 is 0 Å². The van der Waals surface area contributed by atoms with Crippen LogP contribution in [-0.2, 0) is 21.2 Å². The molecule has 2 heterocycles. The van der Waals surface area contributed by atoms with Gasteiger partial charge in [0, 0.05) is 37.8 Å². The number of sulfonamides is 1. The molecule has 1 aliphatic heterocycles. The van der Waals surface area contributed by atoms with Crippen LogP contribution in [0.4, 0.5) is 0 Å². The van der Waals surface area contributed by atoms with Crippen molar-refractivity contribution in [3.63, 3.8) is 0 Å². The lowest BCUT2D eigenvalue weighted by molar-refractivity contribution is -0.131. The third-order valence-corrected chi connectivity index (χ3v) is 7.79. The average Bonchev–Trinajstić information content (AvgIpc) is 3.24. The first kappa shape index (κ1) is 19.7. The Balaban J connectivity index is 1.62. The Kier molecular flexibility index (Phi) is 6.03. The third kappa shape index (κ3) is 4.26. The number of benzene rings is 1. The predicted octanol–water partition coefficient (Wildman–Crippen LogP) is 1.84. The molecule has 0 bridgehead atoms. The molecule has 146 valence electrons. The summed E-state index contributed by atoms with van der Waals surface area (Å²) in [6, 6.07) is 8.67. The summed E-state index contributed by atoms with van der Waals surface area (Å²) in [5.74, 6) is 1.21. The van der Waals surface area contributed by atoms with Gasteiger partial charge in [-0.3, -0.25) is 4.79 Å². The van der Waals surface area contributed by atoms with Crippen LogP contribution in [0.2, 0.25) is 0 Å². The Morgan fingerprint density at radius 3 is 2.44 bits per heavy atom. The summed E-state index contributed by atoms with van der Waals surface area (Å²) >= 11 is 1.21. The third-order valence-electron chi connectivity index (χ3n) is 4.52. The fourth-order valence-electron chi connectivity index (χ4n) is 2.99. The molecule has 1 fully saturated rings. The zero-order valence-electron chi connectivity index (χ0n) is 15.3. The molecule has 0 spiro atoms. The van der Waals surface area contributed by atoms with Crippen LogP contribution in [0.3, 0.4) is 0 Å². The molecule has 1 aromatic carbocycles. The van der Waals surface area contributed by atoms with E-state index < -0.39 is 10.0 Å². The smallest absolute Gasteiger partial charge is 0.252 e. The van der Waals surface area contributed by atoms with Crippen LogP contribution in [0.1, 0.15) is 5.56 Å². The standard InChI is InChI=1S/C18H22N2O5S2/c1-24-15-6-5-14(16(13-15)25-2)12-17(21)19-7-9-20(10-8-19)27(22,23)18-4-3-11-26-18/h3-6,11,13H,7-10,12H2,1-2H3. The summed E-state index contributed by atoms with van der Waals surface area (Å²) in [6.07, 6.45) is 0.199. The van der Waals surface area contributed by atoms with E-state index in [0.29, 0.717) is 41.9 Å². The quantitative estimate of drug-likeness (QED) is 0.726. The van der Waals surface area contributed by atoms with E-state index in [4.69, 9.17) is 9.47 Å². The van der Waals surface area contributed by atoms with Gasteiger partial charge in [0.2, 0.25) is 5.91 Å². The Bertz CT molecular complexity index is 888. The fourth-order valence-corrected chi connectivity index (χ4v) is 5.55. The molecule has 1 saturated heterocycles. The van der Waals surface area contributed by atoms with Gasteiger partial charge in [-0.25, -0.2) is 8.42 Å². The van der Waals surface area contributed by atoms with Crippen LogP contribution in [0.15, 0.2) is 39.9 Å². The van der Waals surface area contributed by atoms with Crippen LogP contribution in [0.5, 0.6) is 11.5 Å². The van der Waals surface area contributed by atoms with Gasteiger partial charge in [0.25, 0.3) is 10.0 Å². The highest BCUT2D eigenvalue weighted by Crippen LogP contribution is 2.26. The maximum atomic E-state index is 12.6. The molecular weight excluding hydrogens is 388 g/mol. The summed E-state index contributed by atoms with van der Waals surface area (Å²) in [6.45, 7) is 1.35. The normalized spacial score (nSPS) is 15.6. The first-order valence-corrected chi connectivity index (χ1v) is 10.8. The summed E-state index contributed by atoms with van der Waals surface area (Å²) in [5.41, 5.74) is 0.775. The van der Waals surface area contributed by atoms with Crippen LogP contribution in [0.25, 0.3) is 0 Å². The van der Waals surface area contributed by atoms with Crippen molar-refractivity contribution in [3.8, 4) is 11.5 Å². The number of nitrogens with zero attached hydrogens (tertiary/aromatic N) is 2. The van der Waals surface area contributed by atoms with Crippen LogP contribution in [-0.4, -0.2) is 63.9 Å². The topological polar surface area (TPSA) is 76.2 Å². The number of carbonyl (C=O) groups is 1. The molecule has 0 unspecified atom stereocenters. The second-order valence-electron chi connectivity index (χ2n) is 6.07. The van der Waals surface area contributed by atoms with Gasteiger partial charge in [-0.15, -0.1) is 11.3 Å². The molecule has 3 rings (SSSR count). The van der Waals surface area contributed by atoms with E-state index in [1.165, 1.54) is 15.6 Å². The Labute approximate surface area is 163 Å². The maximum Gasteiger partial charge on any atom is 0.252 e. The zero-order valence-corrected chi connectivity index (χ0v) is 16.9. The highest BCUT2D eigenvalue weighted by molar-refractivity contribution is 7.91. The molecule has 0 atom stereocenters. The van der Waals surface area contributed by atoms with E-state index in [0.717, 1.165) is 5.56 Å². The van der Waals surface area contributed by atoms with Gasteiger partial charge < -0.3 is 14.4 Å². The lowest BCUT2D eigenvalue weighted by Gasteiger charge is -2.33. The lowest BCUT2D eigenvalue weighted by atomic mass is 10.1. The van der Waals surface area contributed by atoms with Gasteiger partial charge >= 0.3 is 0 Å². The molecule has 27 heavy (non-hydrogen) atoms. The number of ether oxygens (including phenoxy) is 2. The molecule has 1 aliphatic rings. The maximum absolute atomic E-state index is 12.6. The molecule has 1 amide bonds. The first-order valence-electron chi connectivity index (χ1n) is 8.48. The number of methoxy groups -OCH3 is 2. The Morgan fingerprint density at radius 2 is 1.85 bits per heavy atom. The summed E-state index contributed by atoms with van der Waals surface area (Å²) in [5, 5.41) is 1.74. The Hall–Kier alpha value is -2.10. The minimum Gasteiger partial charge on any atom is -0.497 e. The second-order valence-corrected chi connectivity index (χ2v) is 9.18. The van der Waals surface area contributed by atoms with Gasteiger partial charge in [0.1, 0.15) is 15.7 Å². The van der Waals surface area contributed by atoms with Gasteiger partial charge in [-0.2, -0.15) is 4.31 Å². The summed E-state index contributed by atoms with van der Waals surface area (Å²) in [4.78, 5) is 14.3. The molecular formula is C18H22N2O5S2. The number of piperazine rings is 1. The van der Waals surface area contributed by atoms with Gasteiger partial charge in [0.05, 0.1) is 20.6 Å². The van der Waals surface area contributed by atoms with Crippen molar-refractivity contribution in [3.05, 3.63) is 41.3 Å². The van der Waals surface area contributed by atoms with E-state index in [9.17, 15) is 13.2 Å². The van der Waals surface area contributed by atoms with Crippen molar-refractivity contribution in [2.75, 3.05) is 40.4 Å². The number of amides is 1. The van der Waals surface area contributed by atoms with Gasteiger partial charge in [-0.1, -0.05) is 12.1 Å². The largest absolute Gasteiger partial charge is 0.497 e. The van der Waals surface area contributed by atoms with Crippen molar-refractivity contribution in [2.45, 2.75) is 10.6 Å². The second kappa shape index (κ2) is 8.28. The van der Waals surface area contributed by atoms with Crippen molar-refractivity contribution in [1.29, 1.82) is 0 Å². The van der Waals surface area contributed by atoms with E-state index in [-0.39, 0.29) is 12.3 Å². The van der Waals surface area contributed by atoms with Crippen LogP contribution >= 0.6 is 11.3 Å². The highest BCUT2D eigenvalue weighted by atomic mass is 32.2. The molecule has 0 N–H and O–H groups in total. The van der Waals surface area contributed by atoms with Crippen molar-refractivity contribution >= 4 is 27.3 Å². The molecule has 1 aromatic heterocycles. The van der Waals surface area contributed by atoms with Gasteiger partial charge in [0.15, 0.2) is 0 Å². The molecule has 2 aromatic rings. The fraction of sp³-hybridized carbons (Fsp3) is 0.389. The van der Waals surface area contributed by atoms with E-state index in [1.54, 1.807) is 48.8 Å². The van der Waals surface area contributed by atoms with Crippen molar-refractivity contribution in [2.24, 2.45) is 0 Å². The minimum atomic E-state index is -3.47. The lowest BCUT2D eigenvalue weighted by Crippen LogP contribution is -2.50. The van der Waals surface area contributed by atoms with E-state index in [2.05, 4.69) is 0 Å². The minimum absolute atomic E-state index is 0.0494. The number of rotatable bonds is 6. The first-order chi connectivity index (χ1) is 13.0. The average molecular weight is 411 g/mol.